The SMILES string of the molecule is C=C(NOCCOc1ccc(CC(Nc2ccccc2)C(=O)OCC)cc1)c1ccc(-c2ccccc2)cc1. The van der Waals surface area contributed by atoms with Crippen LogP contribution in [0.25, 0.3) is 16.8 Å². The number of nitrogens with one attached hydrogen (secondary N) is 2. The molecular weight excluding hydrogens is 488 g/mol. The summed E-state index contributed by atoms with van der Waals surface area (Å²) < 4.78 is 11.1. The molecule has 6 nitrogen and oxygen atoms in total. The van der Waals surface area contributed by atoms with Gasteiger partial charge >= 0.3 is 5.97 Å². The predicted octanol–water partition coefficient (Wildman–Crippen LogP) is 6.51. The number of esters is 1. The molecular formula is C33H34N2O4. The molecule has 0 saturated carbocycles. The molecule has 0 amide bonds. The van der Waals surface area contributed by atoms with E-state index in [1.54, 1.807) is 0 Å². The molecule has 0 saturated heterocycles. The van der Waals surface area contributed by atoms with E-state index in [0.29, 0.717) is 31.9 Å². The fourth-order valence-electron chi connectivity index (χ4n) is 4.02. The van der Waals surface area contributed by atoms with Gasteiger partial charge in [0.05, 0.1) is 12.3 Å². The average molecular weight is 523 g/mol. The Kier molecular flexibility index (Phi) is 10.2. The summed E-state index contributed by atoms with van der Waals surface area (Å²) in [6, 6.07) is 35.2. The van der Waals surface area contributed by atoms with Gasteiger partial charge < -0.3 is 14.8 Å². The summed E-state index contributed by atoms with van der Waals surface area (Å²) in [7, 11) is 0. The van der Waals surface area contributed by atoms with Crippen molar-refractivity contribution >= 4 is 17.4 Å². The molecule has 2 N–H and O–H groups in total. The molecule has 0 spiro atoms. The lowest BCUT2D eigenvalue weighted by atomic mass is 10.0. The fourth-order valence-corrected chi connectivity index (χ4v) is 4.02. The van der Waals surface area contributed by atoms with Gasteiger partial charge in [0.15, 0.2) is 0 Å². The lowest BCUT2D eigenvalue weighted by Gasteiger charge is -2.18. The van der Waals surface area contributed by atoms with Crippen LogP contribution in [0.3, 0.4) is 0 Å². The highest BCUT2D eigenvalue weighted by Crippen LogP contribution is 2.21. The van der Waals surface area contributed by atoms with E-state index in [1.165, 1.54) is 5.56 Å². The van der Waals surface area contributed by atoms with Crippen LogP contribution in [0.5, 0.6) is 5.75 Å². The van der Waals surface area contributed by atoms with Gasteiger partial charge in [0, 0.05) is 12.1 Å². The van der Waals surface area contributed by atoms with Gasteiger partial charge in [0.1, 0.15) is 25.0 Å². The smallest absolute Gasteiger partial charge is 0.328 e. The van der Waals surface area contributed by atoms with E-state index in [0.717, 1.165) is 28.1 Å². The highest BCUT2D eigenvalue weighted by molar-refractivity contribution is 5.79. The van der Waals surface area contributed by atoms with Crippen molar-refractivity contribution in [3.8, 4) is 16.9 Å². The van der Waals surface area contributed by atoms with Crippen molar-refractivity contribution in [1.82, 2.24) is 5.48 Å². The minimum atomic E-state index is -0.485. The maximum atomic E-state index is 12.5. The number of benzene rings is 4. The van der Waals surface area contributed by atoms with Crippen LogP contribution in [0, 0.1) is 0 Å². The molecule has 1 atom stereocenters. The quantitative estimate of drug-likeness (QED) is 0.112. The Hall–Kier alpha value is -4.55. The second kappa shape index (κ2) is 14.4. The summed E-state index contributed by atoms with van der Waals surface area (Å²) in [5.41, 5.74) is 8.71. The van der Waals surface area contributed by atoms with Crippen molar-refractivity contribution in [2.24, 2.45) is 0 Å². The molecule has 0 aliphatic heterocycles. The van der Waals surface area contributed by atoms with Crippen LogP contribution in [0.2, 0.25) is 0 Å². The minimum Gasteiger partial charge on any atom is -0.491 e. The molecule has 1 unspecified atom stereocenters. The average Bonchev–Trinajstić information content (AvgIpc) is 2.98. The van der Waals surface area contributed by atoms with Crippen LogP contribution in [-0.2, 0) is 20.8 Å². The molecule has 4 aromatic carbocycles. The van der Waals surface area contributed by atoms with E-state index in [4.69, 9.17) is 14.3 Å². The molecule has 0 aliphatic carbocycles. The number of hydrogen-bond donors (Lipinski definition) is 2. The molecule has 4 rings (SSSR count). The predicted molar refractivity (Wildman–Crippen MR) is 156 cm³/mol. The molecule has 200 valence electrons. The van der Waals surface area contributed by atoms with Crippen molar-refractivity contribution in [1.29, 1.82) is 0 Å². The summed E-state index contributed by atoms with van der Waals surface area (Å²) in [5.74, 6) is 0.446. The highest BCUT2D eigenvalue weighted by atomic mass is 16.7. The molecule has 0 aromatic heterocycles. The zero-order chi connectivity index (χ0) is 27.3. The standard InChI is InChI=1S/C33H34N2O4/c1-3-37-33(36)32(34-30-12-8-5-9-13-30)24-26-14-20-31(21-15-26)38-22-23-39-35-25(2)27-16-18-29(19-17-27)28-10-6-4-7-11-28/h4-21,32,34-35H,2-3,22-24H2,1H3. The number of hydrogen-bond acceptors (Lipinski definition) is 6. The topological polar surface area (TPSA) is 68.8 Å². The lowest BCUT2D eigenvalue weighted by Crippen LogP contribution is -2.33. The van der Waals surface area contributed by atoms with Gasteiger partial charge in [-0.2, -0.15) is 0 Å². The molecule has 0 fully saturated rings. The van der Waals surface area contributed by atoms with E-state index in [1.807, 2.05) is 91.9 Å². The summed E-state index contributed by atoms with van der Waals surface area (Å²) in [4.78, 5) is 18.0. The van der Waals surface area contributed by atoms with Crippen LogP contribution in [-0.4, -0.2) is 31.8 Å². The number of carbonyl (C=O) groups is 1. The van der Waals surface area contributed by atoms with Crippen molar-refractivity contribution in [3.63, 3.8) is 0 Å². The van der Waals surface area contributed by atoms with Crippen LogP contribution >= 0.6 is 0 Å². The van der Waals surface area contributed by atoms with E-state index in [-0.39, 0.29) is 5.97 Å². The Morgan fingerprint density at radius 2 is 1.44 bits per heavy atom. The molecule has 6 heteroatoms. The van der Waals surface area contributed by atoms with Crippen molar-refractivity contribution in [2.75, 3.05) is 25.1 Å². The minimum absolute atomic E-state index is 0.278. The summed E-state index contributed by atoms with van der Waals surface area (Å²) >= 11 is 0. The van der Waals surface area contributed by atoms with Crippen molar-refractivity contribution in [3.05, 3.63) is 127 Å². The zero-order valence-corrected chi connectivity index (χ0v) is 22.1. The molecule has 4 aromatic rings. The molecule has 0 heterocycles. The lowest BCUT2D eigenvalue weighted by molar-refractivity contribution is -0.144. The first kappa shape index (κ1) is 27.5. The van der Waals surface area contributed by atoms with E-state index in [2.05, 4.69) is 41.6 Å². The molecule has 0 aliphatic rings. The van der Waals surface area contributed by atoms with Crippen LogP contribution in [0.4, 0.5) is 5.69 Å². The first-order valence-electron chi connectivity index (χ1n) is 13.0. The van der Waals surface area contributed by atoms with E-state index >= 15 is 0 Å². The molecule has 0 bridgehead atoms. The van der Waals surface area contributed by atoms with Gasteiger partial charge in [0.2, 0.25) is 0 Å². The third kappa shape index (κ3) is 8.48. The van der Waals surface area contributed by atoms with Crippen molar-refractivity contribution in [2.45, 2.75) is 19.4 Å². The number of hydroxylamine groups is 1. The van der Waals surface area contributed by atoms with Crippen molar-refractivity contribution < 1.29 is 19.1 Å². The Balaban J connectivity index is 1.20. The Bertz CT molecular complexity index is 1310. The van der Waals surface area contributed by atoms with E-state index in [9.17, 15) is 4.79 Å². The van der Waals surface area contributed by atoms with Gasteiger partial charge in [-0.15, -0.1) is 0 Å². The molecule has 0 radical (unpaired) electrons. The van der Waals surface area contributed by atoms with Gasteiger partial charge in [0.25, 0.3) is 0 Å². The number of para-hydroxylation sites is 1. The van der Waals surface area contributed by atoms with Gasteiger partial charge in [-0.3, -0.25) is 10.3 Å². The maximum absolute atomic E-state index is 12.5. The van der Waals surface area contributed by atoms with Crippen LogP contribution in [0.15, 0.2) is 116 Å². The van der Waals surface area contributed by atoms with E-state index < -0.39 is 6.04 Å². The zero-order valence-electron chi connectivity index (χ0n) is 22.1. The number of ether oxygens (including phenoxy) is 2. The Morgan fingerprint density at radius 3 is 2.10 bits per heavy atom. The third-order valence-corrected chi connectivity index (χ3v) is 6.04. The summed E-state index contributed by atoms with van der Waals surface area (Å²) in [6.45, 7) is 6.91. The Morgan fingerprint density at radius 1 is 0.795 bits per heavy atom. The van der Waals surface area contributed by atoms with Crippen LogP contribution < -0.4 is 15.5 Å². The number of carbonyl (C=O) groups excluding carboxylic acids is 1. The third-order valence-electron chi connectivity index (χ3n) is 6.04. The second-order valence-corrected chi connectivity index (χ2v) is 8.88. The maximum Gasteiger partial charge on any atom is 0.328 e. The van der Waals surface area contributed by atoms with Gasteiger partial charge in [-0.1, -0.05) is 91.5 Å². The summed E-state index contributed by atoms with van der Waals surface area (Å²) in [6.07, 6.45) is 0.496. The number of anilines is 1. The monoisotopic (exact) mass is 522 g/mol. The summed E-state index contributed by atoms with van der Waals surface area (Å²) in [5, 5.41) is 3.27. The first-order chi connectivity index (χ1) is 19.1. The van der Waals surface area contributed by atoms with Gasteiger partial charge in [-0.25, -0.2) is 4.79 Å². The Labute approximate surface area is 230 Å². The van der Waals surface area contributed by atoms with Gasteiger partial charge in [-0.05, 0) is 53.4 Å². The first-order valence-corrected chi connectivity index (χ1v) is 13.0. The van der Waals surface area contributed by atoms with Crippen LogP contribution in [0.1, 0.15) is 18.1 Å². The number of rotatable bonds is 14. The fraction of sp³-hybridized carbons (Fsp3) is 0.182. The highest BCUT2D eigenvalue weighted by Gasteiger charge is 2.20. The molecule has 39 heavy (non-hydrogen) atoms. The normalized spacial score (nSPS) is 11.3. The largest absolute Gasteiger partial charge is 0.491 e. The second-order valence-electron chi connectivity index (χ2n) is 8.88.